The Hall–Kier alpha value is -2.71. The molecule has 2 N–H and O–H groups in total. The van der Waals surface area contributed by atoms with Gasteiger partial charge in [-0.15, -0.1) is 0 Å². The number of nitrogens with one attached hydrogen (secondary N) is 1. The van der Waals surface area contributed by atoms with Gasteiger partial charge in [0.15, 0.2) is 0 Å². The number of ether oxygens (including phenoxy) is 1. The van der Waals surface area contributed by atoms with Crippen molar-refractivity contribution in [2.75, 3.05) is 26.3 Å². The number of nitrogens with zero attached hydrogens (tertiary/aromatic N) is 3. The summed E-state index contributed by atoms with van der Waals surface area (Å²) in [5.74, 6) is 0.978. The summed E-state index contributed by atoms with van der Waals surface area (Å²) in [4.78, 5) is 28.2. The maximum Gasteiger partial charge on any atom is 0.290 e. The first-order valence-corrected chi connectivity index (χ1v) is 10.5. The van der Waals surface area contributed by atoms with E-state index in [4.69, 9.17) is 14.6 Å². The molecule has 160 valence electrons. The van der Waals surface area contributed by atoms with Crippen LogP contribution in [0.3, 0.4) is 0 Å². The molecule has 2 aliphatic heterocycles. The Morgan fingerprint density at radius 3 is 2.60 bits per heavy atom. The van der Waals surface area contributed by atoms with Crippen LogP contribution in [0.15, 0.2) is 30.5 Å². The second-order valence-electron chi connectivity index (χ2n) is 7.99. The molecule has 5 rings (SSSR count). The number of hydrogen-bond acceptors (Lipinski definition) is 5. The van der Waals surface area contributed by atoms with Crippen LogP contribution in [0.25, 0.3) is 0 Å². The van der Waals surface area contributed by atoms with Crippen molar-refractivity contribution >= 4 is 12.4 Å². The van der Waals surface area contributed by atoms with Crippen molar-refractivity contribution in [1.82, 2.24) is 19.8 Å². The van der Waals surface area contributed by atoms with Gasteiger partial charge in [-0.25, -0.2) is 4.98 Å². The van der Waals surface area contributed by atoms with Crippen LogP contribution in [0.2, 0.25) is 0 Å². The molecule has 0 bridgehead atoms. The van der Waals surface area contributed by atoms with E-state index < -0.39 is 0 Å². The molecule has 0 saturated carbocycles. The minimum absolute atomic E-state index is 0.0468. The third-order valence-electron chi connectivity index (χ3n) is 6.15. The predicted octanol–water partition coefficient (Wildman–Crippen LogP) is 1.13. The minimum Gasteiger partial charge on any atom is -0.483 e. The van der Waals surface area contributed by atoms with E-state index in [2.05, 4.69) is 44.0 Å². The SMILES string of the molecule is O=C(NC1Cc2ccccc2C1)c1cn2c(n1)CCN(C1CCOC1)CC2.O=CO. The lowest BCUT2D eigenvalue weighted by molar-refractivity contribution is -0.122. The van der Waals surface area contributed by atoms with E-state index in [1.54, 1.807) is 0 Å². The summed E-state index contributed by atoms with van der Waals surface area (Å²) in [5, 5.41) is 10.1. The zero-order valence-corrected chi connectivity index (χ0v) is 17.0. The van der Waals surface area contributed by atoms with Gasteiger partial charge in [-0.05, 0) is 30.4 Å². The molecule has 3 aliphatic rings. The van der Waals surface area contributed by atoms with Gasteiger partial charge in [-0.3, -0.25) is 14.5 Å². The van der Waals surface area contributed by atoms with Crippen LogP contribution < -0.4 is 5.32 Å². The molecule has 1 aromatic carbocycles. The number of imidazole rings is 1. The first-order valence-electron chi connectivity index (χ1n) is 10.5. The molecule has 0 radical (unpaired) electrons. The third kappa shape index (κ3) is 4.55. The van der Waals surface area contributed by atoms with Crippen molar-refractivity contribution in [3.05, 3.63) is 53.1 Å². The van der Waals surface area contributed by atoms with Crippen molar-refractivity contribution in [3.63, 3.8) is 0 Å². The van der Waals surface area contributed by atoms with Crippen LogP contribution in [0, 0.1) is 0 Å². The second kappa shape index (κ2) is 9.40. The number of fused-ring (bicyclic) bond motifs is 2. The molecule has 8 heteroatoms. The number of benzene rings is 1. The normalized spacial score (nSPS) is 21.1. The Morgan fingerprint density at radius 2 is 1.93 bits per heavy atom. The maximum absolute atomic E-state index is 12.7. The first-order chi connectivity index (χ1) is 14.7. The van der Waals surface area contributed by atoms with Crippen LogP contribution >= 0.6 is 0 Å². The van der Waals surface area contributed by atoms with Gasteiger partial charge in [-0.1, -0.05) is 24.3 Å². The molecule has 2 aromatic rings. The molecule has 1 aliphatic carbocycles. The van der Waals surface area contributed by atoms with Gasteiger partial charge in [-0.2, -0.15) is 0 Å². The predicted molar refractivity (Wildman–Crippen MR) is 111 cm³/mol. The average molecular weight is 412 g/mol. The highest BCUT2D eigenvalue weighted by Gasteiger charge is 2.27. The second-order valence-corrected chi connectivity index (χ2v) is 7.99. The Bertz CT molecular complexity index is 841. The van der Waals surface area contributed by atoms with Crippen molar-refractivity contribution in [2.45, 2.75) is 44.3 Å². The van der Waals surface area contributed by atoms with E-state index in [1.807, 2.05) is 6.20 Å². The Labute approximate surface area is 175 Å². The summed E-state index contributed by atoms with van der Waals surface area (Å²) in [6.07, 6.45) is 5.77. The Balaban J connectivity index is 0.000000687. The third-order valence-corrected chi connectivity index (χ3v) is 6.15. The fourth-order valence-corrected chi connectivity index (χ4v) is 4.64. The van der Waals surface area contributed by atoms with E-state index in [0.29, 0.717) is 11.7 Å². The number of carbonyl (C=O) groups excluding carboxylic acids is 1. The molecular weight excluding hydrogens is 384 g/mol. The minimum atomic E-state index is -0.250. The molecule has 30 heavy (non-hydrogen) atoms. The highest BCUT2D eigenvalue weighted by Crippen LogP contribution is 2.22. The van der Waals surface area contributed by atoms with Crippen molar-refractivity contribution in [2.24, 2.45) is 0 Å². The molecule has 1 saturated heterocycles. The van der Waals surface area contributed by atoms with Crippen molar-refractivity contribution < 1.29 is 19.4 Å². The summed E-state index contributed by atoms with van der Waals surface area (Å²) < 4.78 is 7.69. The Kier molecular flexibility index (Phi) is 6.44. The van der Waals surface area contributed by atoms with Crippen molar-refractivity contribution in [3.8, 4) is 0 Å². The molecule has 8 nitrogen and oxygen atoms in total. The Morgan fingerprint density at radius 1 is 1.20 bits per heavy atom. The van der Waals surface area contributed by atoms with E-state index in [0.717, 1.165) is 64.4 Å². The van der Waals surface area contributed by atoms with E-state index in [-0.39, 0.29) is 18.4 Å². The summed E-state index contributed by atoms with van der Waals surface area (Å²) >= 11 is 0. The molecule has 0 spiro atoms. The van der Waals surface area contributed by atoms with Crippen LogP contribution in [-0.2, 0) is 35.3 Å². The zero-order valence-electron chi connectivity index (χ0n) is 17.0. The highest BCUT2D eigenvalue weighted by molar-refractivity contribution is 5.92. The van der Waals surface area contributed by atoms with Crippen LogP contribution in [0.5, 0.6) is 0 Å². The van der Waals surface area contributed by atoms with Gasteiger partial charge in [0.1, 0.15) is 11.5 Å². The fraction of sp³-hybridized carbons (Fsp3) is 0.500. The molecule has 1 amide bonds. The van der Waals surface area contributed by atoms with Gasteiger partial charge >= 0.3 is 0 Å². The number of rotatable bonds is 3. The average Bonchev–Trinajstić information content (AvgIpc) is 3.46. The monoisotopic (exact) mass is 412 g/mol. The lowest BCUT2D eigenvalue weighted by Crippen LogP contribution is -2.38. The van der Waals surface area contributed by atoms with E-state index in [9.17, 15) is 4.79 Å². The molecule has 1 atom stereocenters. The summed E-state index contributed by atoms with van der Waals surface area (Å²) in [6.45, 7) is 4.35. The van der Waals surface area contributed by atoms with E-state index >= 15 is 0 Å². The summed E-state index contributed by atoms with van der Waals surface area (Å²) in [7, 11) is 0. The topological polar surface area (TPSA) is 96.7 Å². The lowest BCUT2D eigenvalue weighted by atomic mass is 10.1. The largest absolute Gasteiger partial charge is 0.483 e. The van der Waals surface area contributed by atoms with Crippen molar-refractivity contribution in [1.29, 1.82) is 0 Å². The standard InChI is InChI=1S/C21H26N4O2.CH2O2/c26-21(22-17-11-15-3-1-2-4-16(15)12-17)19-13-25-9-8-24(7-5-20(25)23-19)18-6-10-27-14-18;2-1-3/h1-4,13,17-18H,5-12,14H2,(H,22,26);1H,(H,2,3). The zero-order chi connectivity index (χ0) is 20.9. The van der Waals surface area contributed by atoms with Crippen LogP contribution in [-0.4, -0.2) is 70.3 Å². The highest BCUT2D eigenvalue weighted by atomic mass is 16.5. The molecule has 1 unspecified atom stereocenters. The summed E-state index contributed by atoms with van der Waals surface area (Å²) in [6, 6.07) is 9.16. The first kappa shape index (κ1) is 20.6. The van der Waals surface area contributed by atoms with Gasteiger partial charge in [0.05, 0.1) is 6.61 Å². The number of hydrogen-bond donors (Lipinski definition) is 2. The summed E-state index contributed by atoms with van der Waals surface area (Å²) in [5.41, 5.74) is 3.25. The quantitative estimate of drug-likeness (QED) is 0.734. The van der Waals surface area contributed by atoms with Gasteiger partial charge in [0, 0.05) is 50.9 Å². The number of amides is 1. The van der Waals surface area contributed by atoms with Gasteiger partial charge in [0.2, 0.25) is 0 Å². The van der Waals surface area contributed by atoms with E-state index in [1.165, 1.54) is 11.1 Å². The van der Waals surface area contributed by atoms with Crippen LogP contribution in [0.4, 0.5) is 0 Å². The molecule has 1 fully saturated rings. The number of carboxylic acid groups (broad SMARTS) is 1. The lowest BCUT2D eigenvalue weighted by Gasteiger charge is -2.25. The van der Waals surface area contributed by atoms with Gasteiger partial charge < -0.3 is 19.7 Å². The maximum atomic E-state index is 12.7. The molecular formula is C22H28N4O4. The number of aromatic nitrogens is 2. The number of carbonyl (C=O) groups is 2. The van der Waals surface area contributed by atoms with Crippen LogP contribution in [0.1, 0.15) is 33.9 Å². The van der Waals surface area contributed by atoms with Gasteiger partial charge in [0.25, 0.3) is 12.4 Å². The smallest absolute Gasteiger partial charge is 0.290 e. The molecule has 1 aromatic heterocycles. The molecule has 3 heterocycles. The fourth-order valence-electron chi connectivity index (χ4n) is 4.64.